The molecule has 2 aromatic heterocycles. The summed E-state index contributed by atoms with van der Waals surface area (Å²) >= 11 is 1.52. The fourth-order valence-electron chi connectivity index (χ4n) is 1.10. The average Bonchev–Trinajstić information content (AvgIpc) is 2.52. The third-order valence-electron chi connectivity index (χ3n) is 1.72. The van der Waals surface area contributed by atoms with Crippen LogP contribution in [0.4, 0.5) is 5.00 Å². The van der Waals surface area contributed by atoms with E-state index in [0.717, 1.165) is 22.0 Å². The molecule has 0 spiro atoms. The molecule has 2 aromatic rings. The molecule has 0 saturated carbocycles. The van der Waals surface area contributed by atoms with Gasteiger partial charge in [-0.2, -0.15) is 0 Å². The summed E-state index contributed by atoms with van der Waals surface area (Å²) in [5, 5.41) is 2.81. The van der Waals surface area contributed by atoms with E-state index in [1.54, 1.807) is 6.33 Å². The summed E-state index contributed by atoms with van der Waals surface area (Å²) in [5.74, 6) is 0. The van der Waals surface area contributed by atoms with Crippen molar-refractivity contribution in [3.05, 3.63) is 29.5 Å². The van der Waals surface area contributed by atoms with E-state index >= 15 is 0 Å². The van der Waals surface area contributed by atoms with E-state index in [9.17, 15) is 0 Å². The lowest BCUT2D eigenvalue weighted by atomic mass is 10.2. The SMILES string of the molecule is Cc1cc(-c2csc(N)c2)ncn1. The maximum Gasteiger partial charge on any atom is 0.116 e. The predicted molar refractivity (Wildman–Crippen MR) is 54.5 cm³/mol. The highest BCUT2D eigenvalue weighted by Crippen LogP contribution is 2.25. The normalized spacial score (nSPS) is 10.2. The first-order chi connectivity index (χ1) is 6.25. The molecule has 66 valence electrons. The molecule has 0 aromatic carbocycles. The van der Waals surface area contributed by atoms with Crippen LogP contribution in [0.25, 0.3) is 11.3 Å². The zero-order chi connectivity index (χ0) is 9.26. The molecule has 2 heterocycles. The van der Waals surface area contributed by atoms with Crippen LogP contribution in [-0.2, 0) is 0 Å². The molecular weight excluding hydrogens is 182 g/mol. The van der Waals surface area contributed by atoms with E-state index in [1.165, 1.54) is 11.3 Å². The van der Waals surface area contributed by atoms with Crippen LogP contribution in [0.3, 0.4) is 0 Å². The van der Waals surface area contributed by atoms with Crippen molar-refractivity contribution < 1.29 is 0 Å². The van der Waals surface area contributed by atoms with Crippen molar-refractivity contribution in [2.24, 2.45) is 0 Å². The number of nitrogens with two attached hydrogens (primary N) is 1. The molecule has 0 radical (unpaired) electrons. The molecule has 0 aliphatic heterocycles. The lowest BCUT2D eigenvalue weighted by Gasteiger charge is -1.96. The molecular formula is C9H9N3S. The van der Waals surface area contributed by atoms with Crippen LogP contribution in [-0.4, -0.2) is 9.97 Å². The molecule has 13 heavy (non-hydrogen) atoms. The zero-order valence-electron chi connectivity index (χ0n) is 7.19. The van der Waals surface area contributed by atoms with Gasteiger partial charge in [-0.15, -0.1) is 11.3 Å². The van der Waals surface area contributed by atoms with Crippen LogP contribution in [0.5, 0.6) is 0 Å². The minimum atomic E-state index is 0.811. The van der Waals surface area contributed by atoms with Gasteiger partial charge in [-0.1, -0.05) is 0 Å². The quantitative estimate of drug-likeness (QED) is 0.751. The molecule has 3 nitrogen and oxygen atoms in total. The first-order valence-corrected chi connectivity index (χ1v) is 4.77. The van der Waals surface area contributed by atoms with Gasteiger partial charge in [0, 0.05) is 16.6 Å². The maximum absolute atomic E-state index is 5.63. The molecule has 0 fully saturated rings. The summed E-state index contributed by atoms with van der Waals surface area (Å²) in [6, 6.07) is 3.87. The second-order valence-corrected chi connectivity index (χ2v) is 3.73. The van der Waals surface area contributed by atoms with E-state index in [4.69, 9.17) is 5.73 Å². The topological polar surface area (TPSA) is 51.8 Å². The summed E-state index contributed by atoms with van der Waals surface area (Å²) < 4.78 is 0. The number of aryl methyl sites for hydroxylation is 1. The van der Waals surface area contributed by atoms with Gasteiger partial charge in [0.25, 0.3) is 0 Å². The number of aromatic nitrogens is 2. The van der Waals surface area contributed by atoms with Crippen LogP contribution < -0.4 is 5.73 Å². The summed E-state index contributed by atoms with van der Waals surface area (Å²) in [6.45, 7) is 1.95. The van der Waals surface area contributed by atoms with E-state index in [-0.39, 0.29) is 0 Å². The summed E-state index contributed by atoms with van der Waals surface area (Å²) in [5.41, 5.74) is 8.59. The van der Waals surface area contributed by atoms with Gasteiger partial charge in [-0.3, -0.25) is 0 Å². The highest BCUT2D eigenvalue weighted by molar-refractivity contribution is 7.14. The van der Waals surface area contributed by atoms with Crippen molar-refractivity contribution in [1.82, 2.24) is 9.97 Å². The van der Waals surface area contributed by atoms with Crippen molar-refractivity contribution >= 4 is 16.3 Å². The Morgan fingerprint density at radius 2 is 2.15 bits per heavy atom. The zero-order valence-corrected chi connectivity index (χ0v) is 8.01. The van der Waals surface area contributed by atoms with E-state index in [2.05, 4.69) is 9.97 Å². The second-order valence-electron chi connectivity index (χ2n) is 2.78. The maximum atomic E-state index is 5.63. The third kappa shape index (κ3) is 1.67. The van der Waals surface area contributed by atoms with E-state index in [0.29, 0.717) is 0 Å². The van der Waals surface area contributed by atoms with Crippen molar-refractivity contribution in [2.75, 3.05) is 5.73 Å². The standard InChI is InChI=1S/C9H9N3S/c1-6-2-8(12-5-11-6)7-3-9(10)13-4-7/h2-5H,10H2,1H3. The first-order valence-electron chi connectivity index (χ1n) is 3.89. The molecule has 4 heteroatoms. The van der Waals surface area contributed by atoms with Gasteiger partial charge >= 0.3 is 0 Å². The summed E-state index contributed by atoms with van der Waals surface area (Å²) in [6.07, 6.45) is 1.57. The monoisotopic (exact) mass is 191 g/mol. The Bertz CT molecular complexity index is 422. The molecule has 0 unspecified atom stereocenters. The Balaban J connectivity index is 2.46. The van der Waals surface area contributed by atoms with E-state index < -0.39 is 0 Å². The van der Waals surface area contributed by atoms with Crippen molar-refractivity contribution in [3.8, 4) is 11.3 Å². The van der Waals surface area contributed by atoms with Gasteiger partial charge in [0.15, 0.2) is 0 Å². The molecule has 0 saturated heterocycles. The predicted octanol–water partition coefficient (Wildman–Crippen LogP) is 2.10. The van der Waals surface area contributed by atoms with Crippen molar-refractivity contribution in [3.63, 3.8) is 0 Å². The summed E-state index contributed by atoms with van der Waals surface area (Å²) in [4.78, 5) is 8.20. The van der Waals surface area contributed by atoms with Crippen molar-refractivity contribution in [1.29, 1.82) is 0 Å². The minimum absolute atomic E-state index is 0.811. The number of anilines is 1. The van der Waals surface area contributed by atoms with Crippen molar-refractivity contribution in [2.45, 2.75) is 6.92 Å². The van der Waals surface area contributed by atoms with Crippen LogP contribution >= 0.6 is 11.3 Å². The molecule has 0 atom stereocenters. The number of nitrogen functional groups attached to an aromatic ring is 1. The van der Waals surface area contributed by atoms with Gasteiger partial charge in [0.2, 0.25) is 0 Å². The highest BCUT2D eigenvalue weighted by Gasteiger charge is 2.01. The Kier molecular flexibility index (Phi) is 1.98. The van der Waals surface area contributed by atoms with Crippen LogP contribution in [0.2, 0.25) is 0 Å². The Hall–Kier alpha value is -1.42. The molecule has 2 N–H and O–H groups in total. The van der Waals surface area contributed by atoms with E-state index in [1.807, 2.05) is 24.4 Å². The average molecular weight is 191 g/mol. The first kappa shape index (κ1) is 8.19. The fourth-order valence-corrected chi connectivity index (χ4v) is 1.75. The van der Waals surface area contributed by atoms with Crippen LogP contribution in [0.15, 0.2) is 23.8 Å². The van der Waals surface area contributed by atoms with Crippen LogP contribution in [0.1, 0.15) is 5.69 Å². The van der Waals surface area contributed by atoms with Crippen LogP contribution in [0, 0.1) is 6.92 Å². The number of thiophene rings is 1. The molecule has 0 amide bonds. The lowest BCUT2D eigenvalue weighted by Crippen LogP contribution is -1.86. The van der Waals surface area contributed by atoms with Gasteiger partial charge in [-0.05, 0) is 19.1 Å². The Morgan fingerprint density at radius 3 is 2.77 bits per heavy atom. The van der Waals surface area contributed by atoms with Gasteiger partial charge in [-0.25, -0.2) is 9.97 Å². The second kappa shape index (κ2) is 3.14. The smallest absolute Gasteiger partial charge is 0.116 e. The Labute approximate surface area is 80.3 Å². The molecule has 0 aliphatic rings. The van der Waals surface area contributed by atoms with Gasteiger partial charge < -0.3 is 5.73 Å². The van der Waals surface area contributed by atoms with Gasteiger partial charge in [0.1, 0.15) is 6.33 Å². The Morgan fingerprint density at radius 1 is 1.31 bits per heavy atom. The number of hydrogen-bond acceptors (Lipinski definition) is 4. The minimum Gasteiger partial charge on any atom is -0.391 e. The molecule has 0 bridgehead atoms. The fraction of sp³-hybridized carbons (Fsp3) is 0.111. The number of nitrogens with zero attached hydrogens (tertiary/aromatic N) is 2. The lowest BCUT2D eigenvalue weighted by molar-refractivity contribution is 1.11. The van der Waals surface area contributed by atoms with Gasteiger partial charge in [0.05, 0.1) is 10.7 Å². The highest BCUT2D eigenvalue weighted by atomic mass is 32.1. The number of hydrogen-bond donors (Lipinski definition) is 1. The molecule has 2 rings (SSSR count). The largest absolute Gasteiger partial charge is 0.391 e. The summed E-state index contributed by atoms with van der Waals surface area (Å²) in [7, 11) is 0. The number of rotatable bonds is 1. The third-order valence-corrected chi connectivity index (χ3v) is 2.48. The molecule has 0 aliphatic carbocycles.